The minimum absolute atomic E-state index is 0.302. The van der Waals surface area contributed by atoms with Crippen LogP contribution in [0, 0.1) is 0 Å². The molecule has 0 aliphatic heterocycles. The van der Waals surface area contributed by atoms with Gasteiger partial charge in [-0.05, 0) is 45.6 Å². The smallest absolute Gasteiger partial charge is 0.239 e. The van der Waals surface area contributed by atoms with E-state index in [0.717, 1.165) is 17.3 Å². The van der Waals surface area contributed by atoms with E-state index in [-0.39, 0.29) is 5.60 Å². The lowest BCUT2D eigenvalue weighted by Gasteiger charge is -2.22. The lowest BCUT2D eigenvalue weighted by molar-refractivity contribution is 0.125. The molecule has 0 saturated heterocycles. The van der Waals surface area contributed by atoms with Gasteiger partial charge in [-0.2, -0.15) is 16.7 Å². The van der Waals surface area contributed by atoms with Crippen LogP contribution in [0.3, 0.4) is 0 Å². The molecule has 0 spiro atoms. The van der Waals surface area contributed by atoms with Gasteiger partial charge >= 0.3 is 0 Å². The fraction of sp³-hybridized carbons (Fsp3) is 0.643. The lowest BCUT2D eigenvalue weighted by atomic mass is 10.2. The Labute approximate surface area is 120 Å². The molecule has 0 amide bonds. The first-order chi connectivity index (χ1) is 8.81. The molecule has 4 nitrogen and oxygen atoms in total. The third kappa shape index (κ3) is 6.05. The number of hydrogen-bond donors (Lipinski definition) is 2. The molecule has 1 rings (SSSR count). The van der Waals surface area contributed by atoms with E-state index in [1.54, 1.807) is 0 Å². The number of hydrogen-bond acceptors (Lipinski definition) is 5. The minimum Gasteiger partial charge on any atom is -0.470 e. The molecule has 5 heteroatoms. The van der Waals surface area contributed by atoms with E-state index in [9.17, 15) is 0 Å². The van der Waals surface area contributed by atoms with Gasteiger partial charge in [0.15, 0.2) is 0 Å². The second kappa shape index (κ2) is 6.89. The highest BCUT2D eigenvalue weighted by Gasteiger charge is 2.15. The summed E-state index contributed by atoms with van der Waals surface area (Å²) in [5.41, 5.74) is 6.15. The molecule has 19 heavy (non-hydrogen) atoms. The Bertz CT molecular complexity index is 404. The van der Waals surface area contributed by atoms with Crippen LogP contribution in [0.2, 0.25) is 0 Å². The van der Waals surface area contributed by atoms with Crippen molar-refractivity contribution in [3.8, 4) is 5.88 Å². The molecule has 3 N–H and O–H groups in total. The molecular weight excluding hydrogens is 258 g/mol. The molecule has 0 aromatic carbocycles. The van der Waals surface area contributed by atoms with Gasteiger partial charge in [-0.1, -0.05) is 6.92 Å². The van der Waals surface area contributed by atoms with Crippen molar-refractivity contribution in [1.82, 2.24) is 4.98 Å². The van der Waals surface area contributed by atoms with Crippen LogP contribution < -0.4 is 15.8 Å². The summed E-state index contributed by atoms with van der Waals surface area (Å²) in [5.74, 6) is 3.47. The van der Waals surface area contributed by atoms with E-state index in [4.69, 9.17) is 10.5 Å². The van der Waals surface area contributed by atoms with Crippen LogP contribution in [0.1, 0.15) is 34.6 Å². The molecule has 1 heterocycles. The zero-order chi connectivity index (χ0) is 14.5. The molecule has 0 saturated carbocycles. The maximum Gasteiger partial charge on any atom is 0.239 e. The van der Waals surface area contributed by atoms with E-state index in [0.29, 0.717) is 17.6 Å². The Morgan fingerprint density at radius 3 is 2.68 bits per heavy atom. The summed E-state index contributed by atoms with van der Waals surface area (Å²) in [6.45, 7) is 10.2. The second-order valence-electron chi connectivity index (χ2n) is 5.51. The fourth-order valence-corrected chi connectivity index (χ4v) is 2.16. The highest BCUT2D eigenvalue weighted by Crippen LogP contribution is 2.25. The van der Waals surface area contributed by atoms with E-state index < -0.39 is 0 Å². The van der Waals surface area contributed by atoms with Gasteiger partial charge in [0, 0.05) is 11.8 Å². The first-order valence-corrected chi connectivity index (χ1v) is 7.77. The summed E-state index contributed by atoms with van der Waals surface area (Å²) in [4.78, 5) is 4.44. The van der Waals surface area contributed by atoms with Crippen molar-refractivity contribution in [2.45, 2.75) is 46.3 Å². The summed E-state index contributed by atoms with van der Waals surface area (Å²) in [6.07, 6.45) is 0. The molecule has 1 aromatic heterocycles. The Morgan fingerprint density at radius 2 is 2.11 bits per heavy atom. The number of rotatable bonds is 6. The standard InChI is InChI=1S/C14H25N3OS/c1-6-19-9-10(2)16-12-8-7-11(15)13(17-12)18-14(3,4)5/h7-8,10H,6,9,15H2,1-5H3,(H,16,17). The van der Waals surface area contributed by atoms with Gasteiger partial charge in [-0.25, -0.2) is 0 Å². The Kier molecular flexibility index (Phi) is 5.79. The van der Waals surface area contributed by atoms with Gasteiger partial charge in [0.2, 0.25) is 5.88 Å². The van der Waals surface area contributed by atoms with E-state index >= 15 is 0 Å². The SMILES string of the molecule is CCSCC(C)Nc1ccc(N)c(OC(C)(C)C)n1. The van der Waals surface area contributed by atoms with Crippen LogP contribution >= 0.6 is 11.8 Å². The highest BCUT2D eigenvalue weighted by molar-refractivity contribution is 7.99. The number of ether oxygens (including phenoxy) is 1. The van der Waals surface area contributed by atoms with Crippen molar-refractivity contribution in [2.24, 2.45) is 0 Å². The van der Waals surface area contributed by atoms with Crippen molar-refractivity contribution < 1.29 is 4.74 Å². The topological polar surface area (TPSA) is 60.2 Å². The summed E-state index contributed by atoms with van der Waals surface area (Å²) in [7, 11) is 0. The van der Waals surface area contributed by atoms with Crippen LogP contribution in [0.4, 0.5) is 11.5 Å². The minimum atomic E-state index is -0.302. The lowest BCUT2D eigenvalue weighted by Crippen LogP contribution is -2.25. The monoisotopic (exact) mass is 283 g/mol. The zero-order valence-electron chi connectivity index (χ0n) is 12.5. The normalized spacial score (nSPS) is 13.1. The predicted molar refractivity (Wildman–Crippen MR) is 85.1 cm³/mol. The van der Waals surface area contributed by atoms with E-state index in [1.807, 2.05) is 44.7 Å². The maximum atomic E-state index is 5.89. The van der Waals surface area contributed by atoms with Gasteiger partial charge in [-0.15, -0.1) is 0 Å². The fourth-order valence-electron chi connectivity index (χ4n) is 1.49. The summed E-state index contributed by atoms with van der Waals surface area (Å²) < 4.78 is 5.75. The van der Waals surface area contributed by atoms with E-state index in [2.05, 4.69) is 24.1 Å². The highest BCUT2D eigenvalue weighted by atomic mass is 32.2. The van der Waals surface area contributed by atoms with Crippen LogP contribution in [0.15, 0.2) is 12.1 Å². The number of pyridine rings is 1. The number of aromatic nitrogens is 1. The maximum absolute atomic E-state index is 5.89. The molecule has 0 aliphatic rings. The number of nitrogen functional groups attached to an aromatic ring is 1. The molecule has 0 aliphatic carbocycles. The van der Waals surface area contributed by atoms with Crippen LogP contribution in [0.25, 0.3) is 0 Å². The predicted octanol–water partition coefficient (Wildman–Crippen LogP) is 3.39. The average Bonchev–Trinajstić information content (AvgIpc) is 2.29. The summed E-state index contributed by atoms with van der Waals surface area (Å²) >= 11 is 1.91. The molecule has 0 radical (unpaired) electrons. The van der Waals surface area contributed by atoms with Gasteiger partial charge in [0.25, 0.3) is 0 Å². The largest absolute Gasteiger partial charge is 0.470 e. The number of nitrogens with one attached hydrogen (secondary N) is 1. The molecule has 1 atom stereocenters. The number of nitrogens with two attached hydrogens (primary N) is 1. The molecule has 0 fully saturated rings. The van der Waals surface area contributed by atoms with Crippen molar-refractivity contribution in [2.75, 3.05) is 22.6 Å². The van der Waals surface area contributed by atoms with Crippen LogP contribution in [0.5, 0.6) is 5.88 Å². The van der Waals surface area contributed by atoms with Gasteiger partial charge in [-0.3, -0.25) is 0 Å². The van der Waals surface area contributed by atoms with Crippen molar-refractivity contribution >= 4 is 23.3 Å². The summed E-state index contributed by atoms with van der Waals surface area (Å²) in [6, 6.07) is 4.08. The Hall–Kier alpha value is -1.10. The Balaban J connectivity index is 2.73. The zero-order valence-corrected chi connectivity index (χ0v) is 13.3. The number of nitrogens with zero attached hydrogens (tertiary/aromatic N) is 1. The third-order valence-electron chi connectivity index (χ3n) is 2.26. The van der Waals surface area contributed by atoms with Crippen molar-refractivity contribution in [3.05, 3.63) is 12.1 Å². The van der Waals surface area contributed by atoms with Crippen LogP contribution in [-0.2, 0) is 0 Å². The molecule has 108 valence electrons. The molecular formula is C14H25N3OS. The second-order valence-corrected chi connectivity index (χ2v) is 6.83. The summed E-state index contributed by atoms with van der Waals surface area (Å²) in [5, 5.41) is 3.36. The van der Waals surface area contributed by atoms with E-state index in [1.165, 1.54) is 0 Å². The van der Waals surface area contributed by atoms with Crippen LogP contribution in [-0.4, -0.2) is 28.1 Å². The van der Waals surface area contributed by atoms with Crippen molar-refractivity contribution in [3.63, 3.8) is 0 Å². The molecule has 1 aromatic rings. The third-order valence-corrected chi connectivity index (χ3v) is 3.40. The average molecular weight is 283 g/mol. The first-order valence-electron chi connectivity index (χ1n) is 6.61. The molecule has 0 bridgehead atoms. The number of thioether (sulfide) groups is 1. The first kappa shape index (κ1) is 16.0. The van der Waals surface area contributed by atoms with Gasteiger partial charge < -0.3 is 15.8 Å². The Morgan fingerprint density at radius 1 is 1.42 bits per heavy atom. The van der Waals surface area contributed by atoms with Gasteiger partial charge in [0.1, 0.15) is 11.4 Å². The van der Waals surface area contributed by atoms with Gasteiger partial charge in [0.05, 0.1) is 5.69 Å². The quantitative estimate of drug-likeness (QED) is 0.838. The number of anilines is 2. The molecule has 1 unspecified atom stereocenters. The van der Waals surface area contributed by atoms with Crippen molar-refractivity contribution in [1.29, 1.82) is 0 Å².